The van der Waals surface area contributed by atoms with E-state index in [1.165, 1.54) is 0 Å². The number of nitrogens with zero attached hydrogens (tertiary/aromatic N) is 1. The van der Waals surface area contributed by atoms with Crippen molar-refractivity contribution in [1.82, 2.24) is 0 Å². The van der Waals surface area contributed by atoms with Gasteiger partial charge in [0.05, 0.1) is 0 Å². The van der Waals surface area contributed by atoms with Gasteiger partial charge in [0.15, 0.2) is 5.78 Å². The maximum Gasteiger partial charge on any atom is 0.195 e. The average molecular weight is 239 g/mol. The first-order valence-electron chi connectivity index (χ1n) is 5.98. The highest BCUT2D eigenvalue weighted by Crippen LogP contribution is 2.22. The van der Waals surface area contributed by atoms with Crippen LogP contribution in [0.15, 0.2) is 48.5 Å². The minimum atomic E-state index is 0.0809. The second kappa shape index (κ2) is 5.05. The van der Waals surface area contributed by atoms with Gasteiger partial charge in [0.1, 0.15) is 0 Å². The van der Waals surface area contributed by atoms with E-state index in [9.17, 15) is 4.79 Å². The molecule has 0 aliphatic rings. The van der Waals surface area contributed by atoms with Crippen LogP contribution in [-0.4, -0.2) is 19.9 Å². The van der Waals surface area contributed by atoms with Crippen molar-refractivity contribution in [3.8, 4) is 0 Å². The van der Waals surface area contributed by atoms with Crippen LogP contribution in [0.2, 0.25) is 0 Å². The molecule has 0 unspecified atom stereocenters. The molecule has 0 saturated heterocycles. The molecule has 0 amide bonds. The van der Waals surface area contributed by atoms with E-state index in [4.69, 9.17) is 0 Å². The normalized spacial score (nSPS) is 10.2. The summed E-state index contributed by atoms with van der Waals surface area (Å²) in [7, 11) is 3.90. The summed E-state index contributed by atoms with van der Waals surface area (Å²) in [5.74, 6) is 0.0809. The molecule has 0 bridgehead atoms. The molecule has 0 fully saturated rings. The fraction of sp³-hybridized carbons (Fsp3) is 0.188. The second-order valence-corrected chi connectivity index (χ2v) is 4.56. The molecule has 0 aliphatic carbocycles. The molecule has 0 aromatic heterocycles. The predicted octanol–water partition coefficient (Wildman–Crippen LogP) is 3.29. The fourth-order valence-electron chi connectivity index (χ4n) is 2.03. The zero-order valence-corrected chi connectivity index (χ0v) is 11.0. The lowest BCUT2D eigenvalue weighted by atomic mass is 9.98. The highest BCUT2D eigenvalue weighted by atomic mass is 16.1. The molecular formula is C16H17NO. The Kier molecular flexibility index (Phi) is 3.47. The number of ketones is 1. The summed E-state index contributed by atoms with van der Waals surface area (Å²) in [6, 6.07) is 15.4. The third-order valence-electron chi connectivity index (χ3n) is 3.02. The van der Waals surface area contributed by atoms with Gasteiger partial charge in [-0.25, -0.2) is 0 Å². The third kappa shape index (κ3) is 2.28. The van der Waals surface area contributed by atoms with Crippen molar-refractivity contribution in [3.63, 3.8) is 0 Å². The van der Waals surface area contributed by atoms with Crippen LogP contribution in [-0.2, 0) is 0 Å². The average Bonchev–Trinajstić information content (AvgIpc) is 2.38. The number of para-hydroxylation sites is 1. The van der Waals surface area contributed by atoms with Crippen molar-refractivity contribution < 1.29 is 4.79 Å². The van der Waals surface area contributed by atoms with Gasteiger partial charge < -0.3 is 4.90 Å². The summed E-state index contributed by atoms with van der Waals surface area (Å²) in [5.41, 5.74) is 3.48. The van der Waals surface area contributed by atoms with Gasteiger partial charge in [0.25, 0.3) is 0 Å². The lowest BCUT2D eigenvalue weighted by Gasteiger charge is -2.17. The Labute approximate surface area is 108 Å². The Morgan fingerprint density at radius 1 is 0.889 bits per heavy atom. The molecule has 0 atom stereocenters. The largest absolute Gasteiger partial charge is 0.377 e. The zero-order chi connectivity index (χ0) is 13.1. The van der Waals surface area contributed by atoms with Gasteiger partial charge in [-0.15, -0.1) is 0 Å². The Hall–Kier alpha value is -2.09. The smallest absolute Gasteiger partial charge is 0.195 e. The number of benzene rings is 2. The summed E-state index contributed by atoms with van der Waals surface area (Å²) < 4.78 is 0. The van der Waals surface area contributed by atoms with Crippen LogP contribution in [0.1, 0.15) is 21.5 Å². The standard InChI is InChI=1S/C16H17NO/c1-12-8-4-5-9-13(12)16(18)14-10-6-7-11-15(14)17(2)3/h4-11H,1-3H3. The van der Waals surface area contributed by atoms with Gasteiger partial charge in [-0.1, -0.05) is 36.4 Å². The van der Waals surface area contributed by atoms with Crippen molar-refractivity contribution in [3.05, 3.63) is 65.2 Å². The molecule has 0 aliphatic heterocycles. The van der Waals surface area contributed by atoms with Crippen LogP contribution >= 0.6 is 0 Å². The van der Waals surface area contributed by atoms with E-state index < -0.39 is 0 Å². The van der Waals surface area contributed by atoms with E-state index in [0.29, 0.717) is 0 Å². The maximum atomic E-state index is 12.6. The Morgan fingerprint density at radius 2 is 1.44 bits per heavy atom. The Balaban J connectivity index is 2.50. The van der Waals surface area contributed by atoms with Gasteiger partial charge in [-0.2, -0.15) is 0 Å². The minimum absolute atomic E-state index is 0.0809. The topological polar surface area (TPSA) is 20.3 Å². The van der Waals surface area contributed by atoms with E-state index in [2.05, 4.69) is 0 Å². The summed E-state index contributed by atoms with van der Waals surface area (Å²) in [6.07, 6.45) is 0. The Morgan fingerprint density at radius 3 is 2.06 bits per heavy atom. The quantitative estimate of drug-likeness (QED) is 0.766. The van der Waals surface area contributed by atoms with Crippen molar-refractivity contribution in [2.24, 2.45) is 0 Å². The third-order valence-corrected chi connectivity index (χ3v) is 3.02. The lowest BCUT2D eigenvalue weighted by molar-refractivity contribution is 0.103. The predicted molar refractivity (Wildman–Crippen MR) is 75.4 cm³/mol. The fourth-order valence-corrected chi connectivity index (χ4v) is 2.03. The van der Waals surface area contributed by atoms with Gasteiger partial charge in [0, 0.05) is 30.9 Å². The van der Waals surface area contributed by atoms with E-state index in [1.54, 1.807) is 0 Å². The molecular weight excluding hydrogens is 222 g/mol. The van der Waals surface area contributed by atoms with Crippen LogP contribution in [0.3, 0.4) is 0 Å². The molecule has 0 heterocycles. The van der Waals surface area contributed by atoms with Gasteiger partial charge in [-0.3, -0.25) is 4.79 Å². The molecule has 0 saturated carbocycles. The van der Waals surface area contributed by atoms with Crippen LogP contribution in [0.25, 0.3) is 0 Å². The molecule has 2 nitrogen and oxygen atoms in total. The van der Waals surface area contributed by atoms with Crippen molar-refractivity contribution in [2.75, 3.05) is 19.0 Å². The zero-order valence-electron chi connectivity index (χ0n) is 11.0. The molecule has 2 heteroatoms. The summed E-state index contributed by atoms with van der Waals surface area (Å²) in [6.45, 7) is 1.96. The van der Waals surface area contributed by atoms with E-state index in [-0.39, 0.29) is 5.78 Å². The highest BCUT2D eigenvalue weighted by Gasteiger charge is 2.15. The van der Waals surface area contributed by atoms with Crippen LogP contribution < -0.4 is 4.90 Å². The van der Waals surface area contributed by atoms with E-state index in [0.717, 1.165) is 22.4 Å². The van der Waals surface area contributed by atoms with Crippen molar-refractivity contribution >= 4 is 11.5 Å². The summed E-state index contributed by atoms with van der Waals surface area (Å²) >= 11 is 0. The number of carbonyl (C=O) groups is 1. The van der Waals surface area contributed by atoms with Crippen molar-refractivity contribution in [2.45, 2.75) is 6.92 Å². The first-order valence-corrected chi connectivity index (χ1v) is 5.98. The second-order valence-electron chi connectivity index (χ2n) is 4.56. The molecule has 2 rings (SSSR count). The van der Waals surface area contributed by atoms with Crippen LogP contribution in [0.5, 0.6) is 0 Å². The van der Waals surface area contributed by atoms with Gasteiger partial charge in [-0.05, 0) is 24.6 Å². The number of hydrogen-bond acceptors (Lipinski definition) is 2. The first kappa shape index (κ1) is 12.4. The van der Waals surface area contributed by atoms with E-state index in [1.807, 2.05) is 74.4 Å². The van der Waals surface area contributed by atoms with Gasteiger partial charge in [0.2, 0.25) is 0 Å². The number of rotatable bonds is 3. The number of anilines is 1. The monoisotopic (exact) mass is 239 g/mol. The summed E-state index contributed by atoms with van der Waals surface area (Å²) in [4.78, 5) is 14.5. The van der Waals surface area contributed by atoms with Crippen LogP contribution in [0, 0.1) is 6.92 Å². The number of carbonyl (C=O) groups excluding carboxylic acids is 1. The molecule has 92 valence electrons. The molecule has 0 N–H and O–H groups in total. The molecule has 0 spiro atoms. The lowest BCUT2D eigenvalue weighted by Crippen LogP contribution is -2.14. The molecule has 18 heavy (non-hydrogen) atoms. The Bertz CT molecular complexity index is 573. The highest BCUT2D eigenvalue weighted by molar-refractivity contribution is 6.13. The SMILES string of the molecule is Cc1ccccc1C(=O)c1ccccc1N(C)C. The maximum absolute atomic E-state index is 12.6. The molecule has 0 radical (unpaired) electrons. The van der Waals surface area contributed by atoms with Crippen LogP contribution in [0.4, 0.5) is 5.69 Å². The summed E-state index contributed by atoms with van der Waals surface area (Å²) in [5, 5.41) is 0. The van der Waals surface area contributed by atoms with E-state index >= 15 is 0 Å². The number of aryl methyl sites for hydroxylation is 1. The molecule has 2 aromatic rings. The van der Waals surface area contributed by atoms with Crippen molar-refractivity contribution in [1.29, 1.82) is 0 Å². The number of hydrogen-bond donors (Lipinski definition) is 0. The first-order chi connectivity index (χ1) is 8.61. The molecule has 2 aromatic carbocycles. The minimum Gasteiger partial charge on any atom is -0.377 e. The van der Waals surface area contributed by atoms with Gasteiger partial charge >= 0.3 is 0 Å².